The van der Waals surface area contributed by atoms with E-state index >= 15 is 0 Å². The van der Waals surface area contributed by atoms with Gasteiger partial charge in [-0.3, -0.25) is 0 Å². The van der Waals surface area contributed by atoms with Gasteiger partial charge in [-0.25, -0.2) is 18.1 Å². The monoisotopic (exact) mass is 466 g/mol. The normalized spacial score (nSPS) is 14.7. The standard InChI is InChI=1S/C23H26N6O3S/c30-21-5-3-4-18(16-21)6-7-20-17-24-23(28-27-20)26-19-8-10-22(11-9-19)33(31,32)25-12-15-29-13-1-2-14-29/h3-11,16-17,25,30H,1-2,12-15H2,(H,24,26,28)/b7-6+. The van der Waals surface area contributed by atoms with Crippen molar-refractivity contribution in [2.45, 2.75) is 17.7 Å². The Balaban J connectivity index is 1.31. The van der Waals surface area contributed by atoms with E-state index in [0.29, 0.717) is 23.9 Å². The highest BCUT2D eigenvalue weighted by atomic mass is 32.2. The summed E-state index contributed by atoms with van der Waals surface area (Å²) in [5, 5.41) is 20.7. The van der Waals surface area contributed by atoms with Crippen LogP contribution >= 0.6 is 0 Å². The Morgan fingerprint density at radius 1 is 1.03 bits per heavy atom. The molecule has 0 aliphatic carbocycles. The lowest BCUT2D eigenvalue weighted by molar-refractivity contribution is 0.344. The van der Waals surface area contributed by atoms with Crippen molar-refractivity contribution in [3.8, 4) is 5.75 Å². The second kappa shape index (κ2) is 10.5. The summed E-state index contributed by atoms with van der Waals surface area (Å²) < 4.78 is 27.6. The fraction of sp³-hybridized carbons (Fsp3) is 0.261. The van der Waals surface area contributed by atoms with Crippen LogP contribution in [0.3, 0.4) is 0 Å². The lowest BCUT2D eigenvalue weighted by Gasteiger charge is -2.15. The Labute approximate surface area is 193 Å². The lowest BCUT2D eigenvalue weighted by atomic mass is 10.2. The van der Waals surface area contributed by atoms with E-state index in [9.17, 15) is 13.5 Å². The van der Waals surface area contributed by atoms with Crippen LogP contribution in [0.25, 0.3) is 12.2 Å². The van der Waals surface area contributed by atoms with Crippen LogP contribution in [0.2, 0.25) is 0 Å². The number of phenolic OH excluding ortho intramolecular Hbond substituents is 1. The zero-order valence-corrected chi connectivity index (χ0v) is 18.9. The van der Waals surface area contributed by atoms with Gasteiger partial charge in [-0.2, -0.15) is 0 Å². The molecule has 0 spiro atoms. The number of nitrogens with zero attached hydrogens (tertiary/aromatic N) is 4. The van der Waals surface area contributed by atoms with Gasteiger partial charge in [-0.15, -0.1) is 10.2 Å². The van der Waals surface area contributed by atoms with Gasteiger partial charge >= 0.3 is 0 Å². The number of rotatable bonds is 9. The minimum atomic E-state index is -3.55. The van der Waals surface area contributed by atoms with E-state index < -0.39 is 10.0 Å². The molecule has 1 aliphatic heterocycles. The van der Waals surface area contributed by atoms with Crippen LogP contribution in [-0.4, -0.2) is 59.8 Å². The molecule has 172 valence electrons. The largest absolute Gasteiger partial charge is 0.508 e. The first kappa shape index (κ1) is 22.8. The molecule has 1 saturated heterocycles. The number of anilines is 2. The van der Waals surface area contributed by atoms with E-state index in [1.807, 2.05) is 6.07 Å². The molecular weight excluding hydrogens is 440 g/mol. The summed E-state index contributed by atoms with van der Waals surface area (Å²) in [5.41, 5.74) is 2.04. The van der Waals surface area contributed by atoms with Gasteiger partial charge in [0, 0.05) is 18.8 Å². The SMILES string of the molecule is O=S(=O)(NCCN1CCCC1)c1ccc(Nc2ncc(/C=C/c3cccc(O)c3)nn2)cc1. The number of aromatic hydroxyl groups is 1. The van der Waals surface area contributed by atoms with Gasteiger partial charge in [-0.05, 0) is 74.0 Å². The molecule has 0 amide bonds. The molecule has 0 atom stereocenters. The maximum atomic E-state index is 12.5. The smallest absolute Gasteiger partial charge is 0.247 e. The van der Waals surface area contributed by atoms with Crippen molar-refractivity contribution in [1.29, 1.82) is 0 Å². The fourth-order valence-corrected chi connectivity index (χ4v) is 4.52. The number of sulfonamides is 1. The Morgan fingerprint density at radius 2 is 1.82 bits per heavy atom. The number of phenols is 1. The van der Waals surface area contributed by atoms with Crippen molar-refractivity contribution in [1.82, 2.24) is 24.8 Å². The van der Waals surface area contributed by atoms with Crippen molar-refractivity contribution in [2.24, 2.45) is 0 Å². The molecule has 0 bridgehead atoms. The molecule has 2 aromatic carbocycles. The summed E-state index contributed by atoms with van der Waals surface area (Å²) in [7, 11) is -3.55. The van der Waals surface area contributed by atoms with Gasteiger partial charge in [-0.1, -0.05) is 18.2 Å². The van der Waals surface area contributed by atoms with Crippen LogP contribution in [0.5, 0.6) is 5.75 Å². The van der Waals surface area contributed by atoms with E-state index in [-0.39, 0.29) is 10.6 Å². The molecule has 33 heavy (non-hydrogen) atoms. The van der Waals surface area contributed by atoms with Crippen molar-refractivity contribution < 1.29 is 13.5 Å². The van der Waals surface area contributed by atoms with E-state index in [4.69, 9.17) is 0 Å². The second-order valence-electron chi connectivity index (χ2n) is 7.73. The van der Waals surface area contributed by atoms with Crippen molar-refractivity contribution in [3.05, 3.63) is 66.0 Å². The summed E-state index contributed by atoms with van der Waals surface area (Å²) in [5.74, 6) is 0.487. The summed E-state index contributed by atoms with van der Waals surface area (Å²) in [6.45, 7) is 3.19. The fourth-order valence-electron chi connectivity index (χ4n) is 3.50. The predicted molar refractivity (Wildman–Crippen MR) is 127 cm³/mol. The highest BCUT2D eigenvalue weighted by Crippen LogP contribution is 2.17. The first-order valence-corrected chi connectivity index (χ1v) is 12.2. The van der Waals surface area contributed by atoms with Crippen LogP contribution in [0.1, 0.15) is 24.1 Å². The number of benzene rings is 2. The summed E-state index contributed by atoms with van der Waals surface area (Å²) in [6, 6.07) is 13.3. The lowest BCUT2D eigenvalue weighted by Crippen LogP contribution is -2.33. The van der Waals surface area contributed by atoms with Gasteiger partial charge < -0.3 is 15.3 Å². The predicted octanol–water partition coefficient (Wildman–Crippen LogP) is 2.87. The van der Waals surface area contributed by atoms with Gasteiger partial charge in [0.1, 0.15) is 11.4 Å². The second-order valence-corrected chi connectivity index (χ2v) is 9.50. The van der Waals surface area contributed by atoms with E-state index in [0.717, 1.165) is 25.2 Å². The third-order valence-corrected chi connectivity index (χ3v) is 6.71. The zero-order valence-electron chi connectivity index (χ0n) is 18.1. The highest BCUT2D eigenvalue weighted by molar-refractivity contribution is 7.89. The number of nitrogens with one attached hydrogen (secondary N) is 2. The van der Waals surface area contributed by atoms with Crippen molar-refractivity contribution in [3.63, 3.8) is 0 Å². The average molecular weight is 467 g/mol. The van der Waals surface area contributed by atoms with Crippen LogP contribution in [0, 0.1) is 0 Å². The molecule has 0 unspecified atom stereocenters. The Hall–Kier alpha value is -3.34. The van der Waals surface area contributed by atoms with E-state index in [2.05, 4.69) is 30.1 Å². The van der Waals surface area contributed by atoms with E-state index in [1.54, 1.807) is 60.8 Å². The summed E-state index contributed by atoms with van der Waals surface area (Å²) >= 11 is 0. The van der Waals surface area contributed by atoms with Gasteiger partial charge in [0.15, 0.2) is 0 Å². The van der Waals surface area contributed by atoms with Gasteiger partial charge in [0.2, 0.25) is 16.0 Å². The Bertz CT molecular complexity index is 1190. The zero-order chi connectivity index (χ0) is 23.1. The molecule has 4 rings (SSSR count). The molecule has 1 aromatic heterocycles. The molecule has 9 nitrogen and oxygen atoms in total. The third-order valence-electron chi connectivity index (χ3n) is 5.24. The van der Waals surface area contributed by atoms with Gasteiger partial charge in [0.05, 0.1) is 11.1 Å². The van der Waals surface area contributed by atoms with Crippen molar-refractivity contribution >= 4 is 33.8 Å². The minimum absolute atomic E-state index is 0.192. The minimum Gasteiger partial charge on any atom is -0.508 e. The summed E-state index contributed by atoms with van der Waals surface area (Å²) in [6.07, 6.45) is 7.47. The molecule has 1 fully saturated rings. The number of hydrogen-bond acceptors (Lipinski definition) is 8. The molecule has 3 aromatic rings. The van der Waals surface area contributed by atoms with Crippen LogP contribution in [-0.2, 0) is 10.0 Å². The topological polar surface area (TPSA) is 120 Å². The molecule has 1 aliphatic rings. The maximum Gasteiger partial charge on any atom is 0.247 e. The number of likely N-dealkylation sites (tertiary alicyclic amines) is 1. The van der Waals surface area contributed by atoms with Crippen molar-refractivity contribution in [2.75, 3.05) is 31.5 Å². The Kier molecular flexibility index (Phi) is 7.28. The third kappa shape index (κ3) is 6.58. The highest BCUT2D eigenvalue weighted by Gasteiger charge is 2.16. The average Bonchev–Trinajstić information content (AvgIpc) is 3.33. The van der Waals surface area contributed by atoms with Gasteiger partial charge in [0.25, 0.3) is 0 Å². The molecule has 0 radical (unpaired) electrons. The Morgan fingerprint density at radius 3 is 2.52 bits per heavy atom. The molecule has 2 heterocycles. The first-order chi connectivity index (χ1) is 16.0. The van der Waals surface area contributed by atoms with Crippen LogP contribution in [0.4, 0.5) is 11.6 Å². The quantitative estimate of drug-likeness (QED) is 0.440. The molecule has 10 heteroatoms. The maximum absolute atomic E-state index is 12.5. The molecule has 0 saturated carbocycles. The molecular formula is C23H26N6O3S. The van der Waals surface area contributed by atoms with E-state index in [1.165, 1.54) is 12.8 Å². The number of hydrogen-bond donors (Lipinski definition) is 3. The van der Waals surface area contributed by atoms with Crippen LogP contribution < -0.4 is 10.0 Å². The first-order valence-electron chi connectivity index (χ1n) is 10.7. The summed E-state index contributed by atoms with van der Waals surface area (Å²) in [4.78, 5) is 6.70. The molecule has 3 N–H and O–H groups in total. The number of aromatic nitrogens is 3. The van der Waals surface area contributed by atoms with Crippen LogP contribution in [0.15, 0.2) is 59.6 Å².